The highest BCUT2D eigenvalue weighted by atomic mass is 35.5. The van der Waals surface area contributed by atoms with Crippen molar-refractivity contribution in [3.63, 3.8) is 0 Å². The fraction of sp³-hybridized carbons (Fsp3) is 0.0952. The topological polar surface area (TPSA) is 93.4 Å². The highest BCUT2D eigenvalue weighted by molar-refractivity contribution is 7.91. The molecule has 0 saturated carbocycles. The Morgan fingerprint density at radius 3 is 2.63 bits per heavy atom. The highest BCUT2D eigenvalue weighted by Gasteiger charge is 2.20. The van der Waals surface area contributed by atoms with Crippen LogP contribution in [0.3, 0.4) is 0 Å². The van der Waals surface area contributed by atoms with Crippen LogP contribution in [0.5, 0.6) is 0 Å². The van der Waals surface area contributed by atoms with Gasteiger partial charge in [-0.15, -0.1) is 0 Å². The number of fused-ring (bicyclic) bond motifs is 1. The minimum Gasteiger partial charge on any atom is -0.348 e. The molecule has 0 spiro atoms. The van der Waals surface area contributed by atoms with E-state index < -0.39 is 9.84 Å². The zero-order valence-corrected chi connectivity index (χ0v) is 17.5. The second-order valence-electron chi connectivity index (χ2n) is 6.72. The number of hydrogen-bond donors (Lipinski definition) is 1. The molecule has 0 fully saturated rings. The monoisotopic (exact) mass is 440 g/mol. The van der Waals surface area contributed by atoms with E-state index in [0.717, 1.165) is 5.56 Å². The lowest BCUT2D eigenvalue weighted by Gasteiger charge is -2.10. The van der Waals surface area contributed by atoms with Crippen molar-refractivity contribution in [3.05, 3.63) is 89.0 Å². The summed E-state index contributed by atoms with van der Waals surface area (Å²) in [6.45, 7) is 1.96. The van der Waals surface area contributed by atoms with E-state index in [1.54, 1.807) is 54.2 Å². The van der Waals surface area contributed by atoms with Crippen LogP contribution < -0.4 is 5.32 Å². The number of aryl methyl sites for hydroxylation is 1. The molecule has 0 radical (unpaired) electrons. The smallest absolute Gasteiger partial charge is 0.254 e. The molecule has 4 rings (SSSR count). The van der Waals surface area contributed by atoms with Crippen molar-refractivity contribution < 1.29 is 13.2 Å². The number of halogens is 1. The summed E-state index contributed by atoms with van der Waals surface area (Å²) in [5.41, 5.74) is 1.76. The lowest BCUT2D eigenvalue weighted by atomic mass is 10.2. The van der Waals surface area contributed by atoms with Crippen LogP contribution in [0, 0.1) is 6.92 Å². The molecule has 0 unspecified atom stereocenters. The first kappa shape index (κ1) is 20.1. The third-order valence-corrected chi connectivity index (χ3v) is 6.79. The predicted octanol–water partition coefficient (Wildman–Crippen LogP) is 3.45. The summed E-state index contributed by atoms with van der Waals surface area (Å²) in [5, 5.41) is 3.29. The SMILES string of the molecule is Cc1cc(Cl)ccc1S(=O)(=O)c1ccc(CNC(=O)c2cnc3nccn3c2)cc1. The van der Waals surface area contributed by atoms with Crippen LogP contribution in [0.1, 0.15) is 21.5 Å². The molecular weight excluding hydrogens is 424 g/mol. The van der Waals surface area contributed by atoms with E-state index >= 15 is 0 Å². The van der Waals surface area contributed by atoms with Crippen molar-refractivity contribution in [2.45, 2.75) is 23.3 Å². The first-order valence-corrected chi connectivity index (χ1v) is 10.9. The summed E-state index contributed by atoms with van der Waals surface area (Å²) in [6, 6.07) is 11.1. The molecule has 0 aliphatic heterocycles. The normalized spacial score (nSPS) is 11.5. The Kier molecular flexibility index (Phi) is 5.27. The minimum atomic E-state index is -3.66. The fourth-order valence-electron chi connectivity index (χ4n) is 3.05. The Labute approximate surface area is 178 Å². The molecule has 152 valence electrons. The molecule has 1 N–H and O–H groups in total. The van der Waals surface area contributed by atoms with E-state index in [1.165, 1.54) is 24.4 Å². The summed E-state index contributed by atoms with van der Waals surface area (Å²) >= 11 is 5.92. The standard InChI is InChI=1S/C21H17ClN4O3S/c1-14-10-17(22)4-7-19(14)30(28,29)18-5-2-15(3-6-18)11-24-20(27)16-12-25-21-23-8-9-26(21)13-16/h2-10,12-13H,11H2,1H3,(H,24,27). The van der Waals surface area contributed by atoms with Crippen LogP contribution in [0.15, 0.2) is 77.0 Å². The Balaban J connectivity index is 1.47. The van der Waals surface area contributed by atoms with Gasteiger partial charge in [0, 0.05) is 36.4 Å². The molecule has 2 heterocycles. The van der Waals surface area contributed by atoms with E-state index in [-0.39, 0.29) is 22.2 Å². The second kappa shape index (κ2) is 7.89. The molecule has 0 aliphatic rings. The van der Waals surface area contributed by atoms with Crippen LogP contribution in [0.2, 0.25) is 5.02 Å². The number of imidazole rings is 1. The number of nitrogens with one attached hydrogen (secondary N) is 1. The largest absolute Gasteiger partial charge is 0.348 e. The average Bonchev–Trinajstić information content (AvgIpc) is 3.20. The molecular formula is C21H17ClN4O3S. The maximum absolute atomic E-state index is 12.9. The summed E-state index contributed by atoms with van der Waals surface area (Å²) in [6.07, 6.45) is 6.42. The summed E-state index contributed by atoms with van der Waals surface area (Å²) in [4.78, 5) is 20.9. The second-order valence-corrected chi connectivity index (χ2v) is 9.07. The number of amides is 1. The van der Waals surface area contributed by atoms with Gasteiger partial charge in [-0.25, -0.2) is 18.4 Å². The number of hydrogen-bond acceptors (Lipinski definition) is 5. The van der Waals surface area contributed by atoms with Crippen LogP contribution in [0.4, 0.5) is 0 Å². The molecule has 1 amide bonds. The summed E-state index contributed by atoms with van der Waals surface area (Å²) in [5.74, 6) is 0.228. The lowest BCUT2D eigenvalue weighted by molar-refractivity contribution is 0.0950. The summed E-state index contributed by atoms with van der Waals surface area (Å²) < 4.78 is 27.4. The van der Waals surface area contributed by atoms with Crippen LogP contribution in [0.25, 0.3) is 5.78 Å². The number of aromatic nitrogens is 3. The van der Waals surface area contributed by atoms with Crippen LogP contribution in [-0.2, 0) is 16.4 Å². The molecule has 0 saturated heterocycles. The molecule has 7 nitrogen and oxygen atoms in total. The van der Waals surface area contributed by atoms with Crippen molar-refractivity contribution in [2.24, 2.45) is 0 Å². The van der Waals surface area contributed by atoms with Gasteiger partial charge in [-0.2, -0.15) is 0 Å². The van der Waals surface area contributed by atoms with Gasteiger partial charge < -0.3 is 5.32 Å². The molecule has 0 bridgehead atoms. The predicted molar refractivity (Wildman–Crippen MR) is 112 cm³/mol. The number of sulfone groups is 1. The number of carbonyl (C=O) groups is 1. The molecule has 0 atom stereocenters. The van der Waals surface area contributed by atoms with Crippen molar-refractivity contribution >= 4 is 33.1 Å². The van der Waals surface area contributed by atoms with Gasteiger partial charge in [0.05, 0.1) is 15.4 Å². The molecule has 9 heteroatoms. The zero-order valence-electron chi connectivity index (χ0n) is 15.9. The van der Waals surface area contributed by atoms with Gasteiger partial charge in [0.15, 0.2) is 0 Å². The maximum Gasteiger partial charge on any atom is 0.254 e. The van der Waals surface area contributed by atoms with Crippen LogP contribution >= 0.6 is 11.6 Å². The van der Waals surface area contributed by atoms with Crippen molar-refractivity contribution in [1.29, 1.82) is 0 Å². The van der Waals surface area contributed by atoms with Crippen molar-refractivity contribution in [3.8, 4) is 0 Å². The number of rotatable bonds is 5. The van der Waals surface area contributed by atoms with E-state index in [4.69, 9.17) is 11.6 Å². The Morgan fingerprint density at radius 1 is 1.13 bits per heavy atom. The van der Waals surface area contributed by atoms with E-state index in [9.17, 15) is 13.2 Å². The van der Waals surface area contributed by atoms with Gasteiger partial charge in [0.2, 0.25) is 15.6 Å². The molecule has 0 aliphatic carbocycles. The van der Waals surface area contributed by atoms with Gasteiger partial charge in [0.25, 0.3) is 5.91 Å². The van der Waals surface area contributed by atoms with Gasteiger partial charge in [-0.3, -0.25) is 9.20 Å². The van der Waals surface area contributed by atoms with E-state index in [0.29, 0.717) is 21.9 Å². The zero-order chi connectivity index (χ0) is 21.3. The lowest BCUT2D eigenvalue weighted by Crippen LogP contribution is -2.23. The first-order chi connectivity index (χ1) is 14.3. The van der Waals surface area contributed by atoms with Crippen LogP contribution in [-0.4, -0.2) is 28.7 Å². The highest BCUT2D eigenvalue weighted by Crippen LogP contribution is 2.26. The summed E-state index contributed by atoms with van der Waals surface area (Å²) in [7, 11) is -3.66. The molecule has 2 aromatic heterocycles. The molecule has 30 heavy (non-hydrogen) atoms. The third kappa shape index (κ3) is 3.92. The van der Waals surface area contributed by atoms with E-state index in [1.807, 2.05) is 0 Å². The average molecular weight is 441 g/mol. The molecule has 2 aromatic carbocycles. The first-order valence-electron chi connectivity index (χ1n) is 9.02. The van der Waals surface area contributed by atoms with Gasteiger partial charge in [-0.1, -0.05) is 23.7 Å². The third-order valence-electron chi connectivity index (χ3n) is 4.62. The van der Waals surface area contributed by atoms with E-state index in [2.05, 4.69) is 15.3 Å². The Bertz CT molecular complexity index is 1350. The van der Waals surface area contributed by atoms with Gasteiger partial charge >= 0.3 is 0 Å². The fourth-order valence-corrected chi connectivity index (χ4v) is 4.75. The molecule has 4 aromatic rings. The van der Waals surface area contributed by atoms with Gasteiger partial charge in [0.1, 0.15) is 0 Å². The Morgan fingerprint density at radius 2 is 1.90 bits per heavy atom. The van der Waals surface area contributed by atoms with Crippen molar-refractivity contribution in [2.75, 3.05) is 0 Å². The number of nitrogens with zero attached hydrogens (tertiary/aromatic N) is 3. The minimum absolute atomic E-state index is 0.178. The van der Waals surface area contributed by atoms with Crippen molar-refractivity contribution in [1.82, 2.24) is 19.7 Å². The quantitative estimate of drug-likeness (QED) is 0.513. The van der Waals surface area contributed by atoms with Gasteiger partial charge in [-0.05, 0) is 48.4 Å². The number of benzene rings is 2. The number of carbonyl (C=O) groups excluding carboxylic acids is 1. The Hall–Kier alpha value is -3.23. The maximum atomic E-state index is 12.9.